The van der Waals surface area contributed by atoms with Crippen molar-refractivity contribution in [2.75, 3.05) is 31.6 Å². The Hall–Kier alpha value is -0.340. The largest absolute Gasteiger partial charge is 0.357 e. The summed E-state index contributed by atoms with van der Waals surface area (Å²) in [5.41, 5.74) is 1.16. The van der Waals surface area contributed by atoms with E-state index in [0.717, 1.165) is 47.8 Å². The zero-order valence-corrected chi connectivity index (χ0v) is 17.4. The van der Waals surface area contributed by atoms with Gasteiger partial charge in [-0.2, -0.15) is 11.8 Å². The highest BCUT2D eigenvalue weighted by molar-refractivity contribution is 14.0. The summed E-state index contributed by atoms with van der Waals surface area (Å²) >= 11 is 7.87. The SMILES string of the molecule is C=CCSCCN=C(NCC)N(C)Cc1cc(Cl)cn1C.I. The first-order valence-corrected chi connectivity index (χ1v) is 8.60. The summed E-state index contributed by atoms with van der Waals surface area (Å²) < 4.78 is 2.04. The molecule has 0 amide bonds. The Morgan fingerprint density at radius 1 is 1.59 bits per heavy atom. The fourth-order valence-corrected chi connectivity index (χ4v) is 2.72. The van der Waals surface area contributed by atoms with Crippen molar-refractivity contribution < 1.29 is 0 Å². The van der Waals surface area contributed by atoms with E-state index in [1.165, 1.54) is 0 Å². The molecule has 126 valence electrons. The van der Waals surface area contributed by atoms with Crippen LogP contribution in [0.3, 0.4) is 0 Å². The number of rotatable bonds is 8. The van der Waals surface area contributed by atoms with E-state index in [0.29, 0.717) is 0 Å². The van der Waals surface area contributed by atoms with Gasteiger partial charge in [-0.25, -0.2) is 0 Å². The van der Waals surface area contributed by atoms with Crippen molar-refractivity contribution in [3.8, 4) is 0 Å². The Morgan fingerprint density at radius 3 is 2.86 bits per heavy atom. The number of hydrogen-bond acceptors (Lipinski definition) is 2. The maximum Gasteiger partial charge on any atom is 0.194 e. The Balaban J connectivity index is 0.00000441. The van der Waals surface area contributed by atoms with Gasteiger partial charge in [0.1, 0.15) is 0 Å². The molecule has 4 nitrogen and oxygen atoms in total. The van der Waals surface area contributed by atoms with Crippen LogP contribution in [0.4, 0.5) is 0 Å². The third-order valence-corrected chi connectivity index (χ3v) is 4.05. The quantitative estimate of drug-likeness (QED) is 0.213. The molecule has 1 aromatic heterocycles. The average molecular weight is 457 g/mol. The standard InChI is InChI=1S/C15H25ClN4S.HI/c1-5-8-21-9-7-18-15(17-6-2)20(4)12-14-10-13(16)11-19(14)3;/h5,10-11H,1,6-9,12H2,2-4H3,(H,17,18);1H. The van der Waals surface area contributed by atoms with Gasteiger partial charge in [0.05, 0.1) is 18.1 Å². The van der Waals surface area contributed by atoms with Crippen molar-refractivity contribution in [2.24, 2.45) is 12.0 Å². The Bertz CT molecular complexity index is 476. The molecule has 0 saturated heterocycles. The van der Waals surface area contributed by atoms with Crippen LogP contribution >= 0.6 is 47.3 Å². The maximum atomic E-state index is 6.03. The van der Waals surface area contributed by atoms with Crippen LogP contribution < -0.4 is 5.32 Å². The summed E-state index contributed by atoms with van der Waals surface area (Å²) in [5.74, 6) is 2.91. The summed E-state index contributed by atoms with van der Waals surface area (Å²) in [6.07, 6.45) is 3.84. The van der Waals surface area contributed by atoms with Crippen molar-refractivity contribution in [1.82, 2.24) is 14.8 Å². The zero-order chi connectivity index (χ0) is 15.7. The second-order valence-electron chi connectivity index (χ2n) is 4.72. The normalized spacial score (nSPS) is 11.0. The summed E-state index contributed by atoms with van der Waals surface area (Å²) in [7, 11) is 4.05. The second-order valence-corrected chi connectivity index (χ2v) is 6.30. The van der Waals surface area contributed by atoms with E-state index >= 15 is 0 Å². The van der Waals surface area contributed by atoms with Crippen molar-refractivity contribution >= 4 is 53.3 Å². The Morgan fingerprint density at radius 2 is 2.32 bits per heavy atom. The van der Waals surface area contributed by atoms with E-state index in [1.54, 1.807) is 0 Å². The van der Waals surface area contributed by atoms with E-state index in [-0.39, 0.29) is 24.0 Å². The molecule has 1 N–H and O–H groups in total. The van der Waals surface area contributed by atoms with Gasteiger partial charge in [-0.1, -0.05) is 17.7 Å². The third kappa shape index (κ3) is 7.78. The predicted octanol–water partition coefficient (Wildman–Crippen LogP) is 3.61. The molecule has 22 heavy (non-hydrogen) atoms. The molecule has 0 aliphatic carbocycles. The minimum absolute atomic E-state index is 0. The smallest absolute Gasteiger partial charge is 0.194 e. The number of aliphatic imine (C=N–C) groups is 1. The first kappa shape index (κ1) is 21.7. The van der Waals surface area contributed by atoms with E-state index in [4.69, 9.17) is 11.6 Å². The highest BCUT2D eigenvalue weighted by Crippen LogP contribution is 2.14. The number of nitrogens with zero attached hydrogens (tertiary/aromatic N) is 3. The number of halogens is 2. The first-order chi connectivity index (χ1) is 10.1. The average Bonchev–Trinajstić information content (AvgIpc) is 2.75. The van der Waals surface area contributed by atoms with Crippen molar-refractivity contribution in [3.63, 3.8) is 0 Å². The Kier molecular flexibility index (Phi) is 11.9. The molecule has 0 unspecified atom stereocenters. The van der Waals surface area contributed by atoms with Gasteiger partial charge in [0.2, 0.25) is 0 Å². The highest BCUT2D eigenvalue weighted by Gasteiger charge is 2.09. The van der Waals surface area contributed by atoms with Crippen LogP contribution in [0.2, 0.25) is 5.02 Å². The summed E-state index contributed by atoms with van der Waals surface area (Å²) in [6, 6.07) is 1.99. The molecule has 0 saturated carbocycles. The van der Waals surface area contributed by atoms with Crippen LogP contribution in [-0.2, 0) is 13.6 Å². The fraction of sp³-hybridized carbons (Fsp3) is 0.533. The molecule has 1 rings (SSSR count). The molecule has 0 aliphatic heterocycles. The predicted molar refractivity (Wildman–Crippen MR) is 111 cm³/mol. The van der Waals surface area contributed by atoms with Crippen LogP contribution in [0.5, 0.6) is 0 Å². The molecular formula is C15H26ClIN4S. The van der Waals surface area contributed by atoms with Gasteiger partial charge in [-0.3, -0.25) is 4.99 Å². The van der Waals surface area contributed by atoms with Crippen LogP contribution in [0.15, 0.2) is 29.9 Å². The van der Waals surface area contributed by atoms with Crippen molar-refractivity contribution in [3.05, 3.63) is 35.6 Å². The monoisotopic (exact) mass is 456 g/mol. The van der Waals surface area contributed by atoms with Gasteiger partial charge in [0.15, 0.2) is 5.96 Å². The molecule has 1 aromatic rings. The molecule has 7 heteroatoms. The minimum atomic E-state index is 0. The van der Waals surface area contributed by atoms with Gasteiger partial charge in [0, 0.05) is 44.0 Å². The van der Waals surface area contributed by atoms with E-state index in [1.807, 2.05) is 48.8 Å². The number of aromatic nitrogens is 1. The van der Waals surface area contributed by atoms with E-state index < -0.39 is 0 Å². The van der Waals surface area contributed by atoms with E-state index in [2.05, 4.69) is 28.7 Å². The first-order valence-electron chi connectivity index (χ1n) is 7.07. The number of guanidine groups is 1. The lowest BCUT2D eigenvalue weighted by atomic mass is 10.4. The van der Waals surface area contributed by atoms with E-state index in [9.17, 15) is 0 Å². The van der Waals surface area contributed by atoms with Crippen LogP contribution in [0.25, 0.3) is 0 Å². The second kappa shape index (κ2) is 12.1. The van der Waals surface area contributed by atoms with Gasteiger partial charge in [-0.05, 0) is 13.0 Å². The molecule has 0 atom stereocenters. The number of aryl methyl sites for hydroxylation is 1. The highest BCUT2D eigenvalue weighted by atomic mass is 127. The lowest BCUT2D eigenvalue weighted by Gasteiger charge is -2.22. The van der Waals surface area contributed by atoms with Gasteiger partial charge < -0.3 is 14.8 Å². The summed E-state index contributed by atoms with van der Waals surface area (Å²) in [5, 5.41) is 4.09. The topological polar surface area (TPSA) is 32.6 Å². The number of hydrogen-bond donors (Lipinski definition) is 1. The summed E-state index contributed by atoms with van der Waals surface area (Å²) in [4.78, 5) is 6.77. The molecule has 0 bridgehead atoms. The maximum absolute atomic E-state index is 6.03. The van der Waals surface area contributed by atoms with Gasteiger partial charge >= 0.3 is 0 Å². The minimum Gasteiger partial charge on any atom is -0.357 e. The van der Waals surface area contributed by atoms with Gasteiger partial charge in [0.25, 0.3) is 0 Å². The Labute approximate surface area is 160 Å². The fourth-order valence-electron chi connectivity index (χ4n) is 1.89. The molecule has 0 spiro atoms. The zero-order valence-electron chi connectivity index (χ0n) is 13.5. The molecular weight excluding hydrogens is 431 g/mol. The molecule has 0 radical (unpaired) electrons. The van der Waals surface area contributed by atoms with Crippen LogP contribution in [0.1, 0.15) is 12.6 Å². The van der Waals surface area contributed by atoms with Crippen LogP contribution in [0, 0.1) is 0 Å². The molecule has 0 aromatic carbocycles. The lowest BCUT2D eigenvalue weighted by molar-refractivity contribution is 0.462. The van der Waals surface area contributed by atoms with Gasteiger partial charge in [-0.15, -0.1) is 30.6 Å². The number of nitrogens with one attached hydrogen (secondary N) is 1. The molecule has 1 heterocycles. The lowest BCUT2D eigenvalue weighted by Crippen LogP contribution is -2.39. The van der Waals surface area contributed by atoms with Crippen molar-refractivity contribution in [2.45, 2.75) is 13.5 Å². The van der Waals surface area contributed by atoms with Crippen LogP contribution in [-0.4, -0.2) is 47.1 Å². The molecule has 0 fully saturated rings. The third-order valence-electron chi connectivity index (χ3n) is 2.90. The van der Waals surface area contributed by atoms with Crippen molar-refractivity contribution in [1.29, 1.82) is 0 Å². The molecule has 0 aliphatic rings. The summed E-state index contributed by atoms with van der Waals surface area (Å²) in [6.45, 7) is 8.23. The number of thioether (sulfide) groups is 1.